The highest BCUT2D eigenvalue weighted by atomic mass is 16.5. The van der Waals surface area contributed by atoms with Crippen molar-refractivity contribution in [3.8, 4) is 11.4 Å². The largest absolute Gasteiger partial charge is 0.497 e. The molecule has 2 aromatic carbocycles. The predicted molar refractivity (Wildman–Crippen MR) is 105 cm³/mol. The molecule has 0 atom stereocenters. The number of aromatic nitrogens is 4. The molecule has 29 heavy (non-hydrogen) atoms. The Balaban J connectivity index is 1.83. The van der Waals surface area contributed by atoms with Crippen LogP contribution in [0.5, 0.6) is 5.75 Å². The first-order valence-corrected chi connectivity index (χ1v) is 8.80. The second-order valence-electron chi connectivity index (χ2n) is 6.13. The number of hydrogen-bond acceptors (Lipinski definition) is 6. The monoisotopic (exact) mass is 396 g/mol. The number of rotatable bonds is 8. The van der Waals surface area contributed by atoms with Crippen LogP contribution in [0, 0.1) is 0 Å². The molecule has 0 saturated heterocycles. The van der Waals surface area contributed by atoms with Crippen molar-refractivity contribution in [1.29, 1.82) is 0 Å². The van der Waals surface area contributed by atoms with E-state index in [0.717, 1.165) is 9.36 Å². The molecule has 2 N–H and O–H groups in total. The molecule has 0 aliphatic heterocycles. The lowest BCUT2D eigenvalue weighted by atomic mass is 10.2. The first kappa shape index (κ1) is 19.8. The zero-order chi connectivity index (χ0) is 20.8. The topological polar surface area (TPSA) is 125 Å². The van der Waals surface area contributed by atoms with Gasteiger partial charge in [-0.15, -0.1) is 0 Å². The summed E-state index contributed by atoms with van der Waals surface area (Å²) in [5.74, 6) is -0.347. The van der Waals surface area contributed by atoms with Gasteiger partial charge in [-0.25, -0.2) is 4.79 Å². The molecule has 0 unspecified atom stereocenters. The summed E-state index contributed by atoms with van der Waals surface area (Å²) in [4.78, 5) is 38.0. The zero-order valence-corrected chi connectivity index (χ0v) is 15.8. The Bertz CT molecular complexity index is 1040. The van der Waals surface area contributed by atoms with Gasteiger partial charge in [0.05, 0.1) is 12.8 Å². The molecular formula is C19H20N6O4. The van der Waals surface area contributed by atoms with E-state index < -0.39 is 17.5 Å². The Hall–Kier alpha value is -3.95. The third-order valence-electron chi connectivity index (χ3n) is 4.19. The highest BCUT2D eigenvalue weighted by Crippen LogP contribution is 2.20. The fourth-order valence-electron chi connectivity index (χ4n) is 2.70. The lowest BCUT2D eigenvalue weighted by Gasteiger charge is -2.22. The summed E-state index contributed by atoms with van der Waals surface area (Å²) in [6, 6.07) is 15.5. The van der Waals surface area contributed by atoms with Crippen molar-refractivity contribution in [3.05, 3.63) is 65.1 Å². The minimum absolute atomic E-state index is 0.0244. The van der Waals surface area contributed by atoms with E-state index in [-0.39, 0.29) is 19.5 Å². The standard InChI is InChI=1S/C19H20N6O4/c1-29-16-9-7-14(8-10-16)23(12-11-17(20)26)18(27)13-24-19(28)25(22-21-24)15-5-3-2-4-6-15/h2-10H,11-13H2,1H3,(H2,20,26). The van der Waals surface area contributed by atoms with Crippen LogP contribution >= 0.6 is 0 Å². The summed E-state index contributed by atoms with van der Waals surface area (Å²) in [7, 11) is 1.54. The SMILES string of the molecule is COc1ccc(N(CCC(N)=O)C(=O)Cn2nnn(-c3ccccc3)c2=O)cc1. The number of carbonyl (C=O) groups is 2. The van der Waals surface area contributed by atoms with E-state index in [1.807, 2.05) is 6.07 Å². The fraction of sp³-hybridized carbons (Fsp3) is 0.211. The van der Waals surface area contributed by atoms with Gasteiger partial charge in [-0.05, 0) is 46.8 Å². The van der Waals surface area contributed by atoms with Crippen LogP contribution < -0.4 is 21.1 Å². The van der Waals surface area contributed by atoms with E-state index in [1.54, 1.807) is 48.5 Å². The lowest BCUT2D eigenvalue weighted by molar-refractivity contribution is -0.119. The average molecular weight is 396 g/mol. The Labute approximate surface area is 166 Å². The molecule has 0 bridgehead atoms. The molecular weight excluding hydrogens is 376 g/mol. The van der Waals surface area contributed by atoms with Crippen LogP contribution in [0.4, 0.5) is 5.69 Å². The maximum absolute atomic E-state index is 12.9. The number of methoxy groups -OCH3 is 1. The molecule has 150 valence electrons. The van der Waals surface area contributed by atoms with Gasteiger partial charge in [0, 0.05) is 18.7 Å². The molecule has 3 aromatic rings. The Kier molecular flexibility index (Phi) is 6.03. The first-order valence-electron chi connectivity index (χ1n) is 8.80. The summed E-state index contributed by atoms with van der Waals surface area (Å²) in [6.45, 7) is -0.265. The molecule has 0 spiro atoms. The van der Waals surface area contributed by atoms with Crippen LogP contribution in [0.15, 0.2) is 59.4 Å². The highest BCUT2D eigenvalue weighted by Gasteiger charge is 2.20. The summed E-state index contributed by atoms with van der Waals surface area (Å²) >= 11 is 0. The van der Waals surface area contributed by atoms with Crippen molar-refractivity contribution >= 4 is 17.5 Å². The van der Waals surface area contributed by atoms with Gasteiger partial charge in [-0.2, -0.15) is 9.36 Å². The van der Waals surface area contributed by atoms with Crippen molar-refractivity contribution in [2.24, 2.45) is 5.73 Å². The van der Waals surface area contributed by atoms with Crippen molar-refractivity contribution in [1.82, 2.24) is 19.8 Å². The van der Waals surface area contributed by atoms with Gasteiger partial charge < -0.3 is 15.4 Å². The molecule has 10 nitrogen and oxygen atoms in total. The van der Waals surface area contributed by atoms with Crippen molar-refractivity contribution in [3.63, 3.8) is 0 Å². The number of carbonyl (C=O) groups excluding carboxylic acids is 2. The van der Waals surface area contributed by atoms with Crippen LogP contribution in [0.3, 0.4) is 0 Å². The number of amides is 2. The van der Waals surface area contributed by atoms with E-state index in [0.29, 0.717) is 17.1 Å². The number of nitrogens with two attached hydrogens (primary N) is 1. The minimum Gasteiger partial charge on any atom is -0.497 e. The van der Waals surface area contributed by atoms with Crippen LogP contribution in [0.25, 0.3) is 5.69 Å². The maximum Gasteiger partial charge on any atom is 0.368 e. The Morgan fingerprint density at radius 2 is 1.76 bits per heavy atom. The molecule has 0 aliphatic rings. The number of benzene rings is 2. The van der Waals surface area contributed by atoms with E-state index >= 15 is 0 Å². The van der Waals surface area contributed by atoms with Crippen LogP contribution in [0.1, 0.15) is 6.42 Å². The summed E-state index contributed by atoms with van der Waals surface area (Å²) in [5.41, 5.74) is 5.77. The highest BCUT2D eigenvalue weighted by molar-refractivity contribution is 5.93. The number of ether oxygens (including phenoxy) is 1. The van der Waals surface area contributed by atoms with E-state index in [1.165, 1.54) is 12.0 Å². The molecule has 1 heterocycles. The molecule has 10 heteroatoms. The van der Waals surface area contributed by atoms with Crippen molar-refractivity contribution in [2.45, 2.75) is 13.0 Å². The summed E-state index contributed by atoms with van der Waals surface area (Å²) in [6.07, 6.45) is -0.0244. The van der Waals surface area contributed by atoms with Gasteiger partial charge in [-0.1, -0.05) is 18.2 Å². The number of anilines is 1. The van der Waals surface area contributed by atoms with Crippen molar-refractivity contribution in [2.75, 3.05) is 18.6 Å². The summed E-state index contributed by atoms with van der Waals surface area (Å²) < 4.78 is 7.19. The molecule has 0 aliphatic carbocycles. The maximum atomic E-state index is 12.9. The first-order chi connectivity index (χ1) is 14.0. The van der Waals surface area contributed by atoms with Gasteiger partial charge in [0.1, 0.15) is 12.3 Å². The number of primary amides is 1. The number of nitrogens with zero attached hydrogens (tertiary/aromatic N) is 5. The lowest BCUT2D eigenvalue weighted by Crippen LogP contribution is -2.39. The van der Waals surface area contributed by atoms with E-state index in [9.17, 15) is 14.4 Å². The number of hydrogen-bond donors (Lipinski definition) is 1. The quantitative estimate of drug-likeness (QED) is 0.585. The molecule has 3 rings (SSSR count). The van der Waals surface area contributed by atoms with Gasteiger partial charge in [0.25, 0.3) is 0 Å². The fourth-order valence-corrected chi connectivity index (χ4v) is 2.70. The number of tetrazole rings is 1. The van der Waals surface area contributed by atoms with Gasteiger partial charge in [0.2, 0.25) is 11.8 Å². The molecule has 2 amide bonds. The smallest absolute Gasteiger partial charge is 0.368 e. The molecule has 0 radical (unpaired) electrons. The van der Waals surface area contributed by atoms with Crippen LogP contribution in [-0.2, 0) is 16.1 Å². The Morgan fingerprint density at radius 3 is 2.38 bits per heavy atom. The average Bonchev–Trinajstić information content (AvgIpc) is 3.09. The second kappa shape index (κ2) is 8.83. The van der Waals surface area contributed by atoms with E-state index in [2.05, 4.69) is 10.4 Å². The normalized spacial score (nSPS) is 10.5. The molecule has 0 saturated carbocycles. The third-order valence-corrected chi connectivity index (χ3v) is 4.19. The van der Waals surface area contributed by atoms with Gasteiger partial charge in [-0.3, -0.25) is 9.59 Å². The zero-order valence-electron chi connectivity index (χ0n) is 15.8. The minimum atomic E-state index is -0.547. The predicted octanol–water partition coefficient (Wildman–Crippen LogP) is 0.346. The van der Waals surface area contributed by atoms with Crippen LogP contribution in [-0.4, -0.2) is 45.3 Å². The second-order valence-corrected chi connectivity index (χ2v) is 6.13. The molecule has 1 aromatic heterocycles. The molecule has 0 fully saturated rings. The number of para-hydroxylation sites is 1. The third kappa shape index (κ3) is 4.67. The van der Waals surface area contributed by atoms with Crippen LogP contribution in [0.2, 0.25) is 0 Å². The van der Waals surface area contributed by atoms with Gasteiger partial charge >= 0.3 is 5.69 Å². The Morgan fingerprint density at radius 1 is 1.07 bits per heavy atom. The van der Waals surface area contributed by atoms with Crippen molar-refractivity contribution < 1.29 is 14.3 Å². The summed E-state index contributed by atoms with van der Waals surface area (Å²) in [5, 5.41) is 7.61. The van der Waals surface area contributed by atoms with E-state index in [4.69, 9.17) is 10.5 Å². The van der Waals surface area contributed by atoms with Gasteiger partial charge in [0.15, 0.2) is 0 Å².